The molecule has 0 aliphatic carbocycles. The summed E-state index contributed by atoms with van der Waals surface area (Å²) in [4.78, 5) is 15.2. The number of hydrogen-bond acceptors (Lipinski definition) is 10. The van der Waals surface area contributed by atoms with Gasteiger partial charge in [0.05, 0.1) is 10.4 Å². The first-order valence-electron chi connectivity index (χ1n) is 11.7. The summed E-state index contributed by atoms with van der Waals surface area (Å²) in [6.07, 6.45) is 4.87. The van der Waals surface area contributed by atoms with Crippen LogP contribution >= 0.6 is 11.3 Å². The molecule has 12 heteroatoms. The van der Waals surface area contributed by atoms with Gasteiger partial charge < -0.3 is 14.2 Å². The van der Waals surface area contributed by atoms with E-state index in [0.29, 0.717) is 36.1 Å². The Morgan fingerprint density at radius 1 is 1.25 bits per heavy atom. The third kappa shape index (κ3) is 4.79. The van der Waals surface area contributed by atoms with Crippen molar-refractivity contribution in [2.45, 2.75) is 50.0 Å². The van der Waals surface area contributed by atoms with Crippen molar-refractivity contribution >= 4 is 37.4 Å². The predicted octanol–water partition coefficient (Wildman–Crippen LogP) is 4.85. The maximum absolute atomic E-state index is 14.8. The van der Waals surface area contributed by atoms with Crippen molar-refractivity contribution in [3.63, 3.8) is 0 Å². The Labute approximate surface area is 212 Å². The van der Waals surface area contributed by atoms with Crippen LogP contribution in [-0.2, 0) is 9.84 Å². The molecule has 190 valence electrons. The number of benzene rings is 1. The minimum absolute atomic E-state index is 0.0485. The Balaban J connectivity index is 1.31. The first-order chi connectivity index (χ1) is 17.2. The standard InChI is InChI=1S/C24H26FN5O4S2/c1-4-14(2)22-28-24(34-29-22)30-9-7-15(8-10-30)33-23-21-20(26-13-27-23)18(12-35-21)17-6-5-16(11-19(17)25)36(3,31)32/h5-6,11-15H,4,7-10H2,1-3H3. The lowest BCUT2D eigenvalue weighted by Crippen LogP contribution is -2.38. The fourth-order valence-electron chi connectivity index (χ4n) is 4.11. The molecular weight excluding hydrogens is 505 g/mol. The van der Waals surface area contributed by atoms with Crippen molar-refractivity contribution in [3.8, 4) is 17.0 Å². The molecule has 3 aromatic heterocycles. The minimum atomic E-state index is -3.50. The molecule has 1 unspecified atom stereocenters. The highest BCUT2D eigenvalue weighted by molar-refractivity contribution is 7.90. The molecule has 1 atom stereocenters. The van der Waals surface area contributed by atoms with Crippen LogP contribution in [0.15, 0.2) is 39.3 Å². The zero-order valence-corrected chi connectivity index (χ0v) is 21.8. The monoisotopic (exact) mass is 531 g/mol. The van der Waals surface area contributed by atoms with Crippen molar-refractivity contribution in [1.82, 2.24) is 20.1 Å². The van der Waals surface area contributed by atoms with E-state index in [1.165, 1.54) is 29.8 Å². The molecule has 36 heavy (non-hydrogen) atoms. The van der Waals surface area contributed by atoms with Crippen molar-refractivity contribution in [3.05, 3.63) is 41.5 Å². The third-order valence-electron chi connectivity index (χ3n) is 6.45. The maximum Gasteiger partial charge on any atom is 0.324 e. The number of halogens is 1. The van der Waals surface area contributed by atoms with E-state index in [9.17, 15) is 12.8 Å². The normalized spacial score (nSPS) is 15.9. The smallest absolute Gasteiger partial charge is 0.324 e. The summed E-state index contributed by atoms with van der Waals surface area (Å²) in [6, 6.07) is 4.45. The van der Waals surface area contributed by atoms with Gasteiger partial charge in [-0.15, -0.1) is 11.3 Å². The molecule has 0 bridgehead atoms. The highest BCUT2D eigenvalue weighted by atomic mass is 32.2. The van der Waals surface area contributed by atoms with Crippen LogP contribution in [0.4, 0.5) is 10.4 Å². The number of aromatic nitrogens is 4. The summed E-state index contributed by atoms with van der Waals surface area (Å²) in [5.74, 6) is 0.818. The molecule has 0 radical (unpaired) electrons. The van der Waals surface area contributed by atoms with E-state index < -0.39 is 15.7 Å². The lowest BCUT2D eigenvalue weighted by Gasteiger charge is -2.30. The largest absolute Gasteiger partial charge is 0.473 e. The van der Waals surface area contributed by atoms with E-state index in [0.717, 1.165) is 42.1 Å². The van der Waals surface area contributed by atoms with Crippen LogP contribution in [0.5, 0.6) is 5.88 Å². The van der Waals surface area contributed by atoms with E-state index >= 15 is 0 Å². The van der Waals surface area contributed by atoms with Gasteiger partial charge in [-0.25, -0.2) is 22.8 Å². The molecule has 0 saturated carbocycles. The number of anilines is 1. The molecule has 0 N–H and O–H groups in total. The topological polar surface area (TPSA) is 111 Å². The van der Waals surface area contributed by atoms with E-state index in [2.05, 4.69) is 38.9 Å². The van der Waals surface area contributed by atoms with E-state index in [1.54, 1.807) is 5.38 Å². The van der Waals surface area contributed by atoms with Gasteiger partial charge in [-0.05, 0) is 18.6 Å². The van der Waals surface area contributed by atoms with Crippen LogP contribution in [0, 0.1) is 5.82 Å². The van der Waals surface area contributed by atoms with Gasteiger partial charge in [0, 0.05) is 54.6 Å². The second-order valence-corrected chi connectivity index (χ2v) is 11.9. The van der Waals surface area contributed by atoms with E-state index in [1.807, 2.05) is 0 Å². The van der Waals surface area contributed by atoms with Crippen LogP contribution < -0.4 is 9.64 Å². The Bertz CT molecular complexity index is 1500. The third-order valence-corrected chi connectivity index (χ3v) is 8.52. The fourth-order valence-corrected chi connectivity index (χ4v) is 5.69. The summed E-state index contributed by atoms with van der Waals surface area (Å²) in [5, 5.41) is 5.89. The van der Waals surface area contributed by atoms with Crippen molar-refractivity contribution in [1.29, 1.82) is 0 Å². The molecule has 0 amide bonds. The van der Waals surface area contributed by atoms with Crippen LogP contribution in [0.1, 0.15) is 44.9 Å². The van der Waals surface area contributed by atoms with Crippen LogP contribution in [-0.4, -0.2) is 54.0 Å². The second-order valence-electron chi connectivity index (χ2n) is 8.97. The minimum Gasteiger partial charge on any atom is -0.473 e. The number of ether oxygens (including phenoxy) is 1. The lowest BCUT2D eigenvalue weighted by molar-refractivity contribution is 0.164. The lowest BCUT2D eigenvalue weighted by atomic mass is 10.1. The first-order valence-corrected chi connectivity index (χ1v) is 14.5. The molecule has 4 aromatic rings. The van der Waals surface area contributed by atoms with Gasteiger partial charge in [0.25, 0.3) is 0 Å². The fraction of sp³-hybridized carbons (Fsp3) is 0.417. The molecule has 0 spiro atoms. The number of hydrogen-bond donors (Lipinski definition) is 0. The number of nitrogens with zero attached hydrogens (tertiary/aromatic N) is 5. The summed E-state index contributed by atoms with van der Waals surface area (Å²) in [7, 11) is -3.50. The van der Waals surface area contributed by atoms with Crippen molar-refractivity contribution < 1.29 is 22.1 Å². The van der Waals surface area contributed by atoms with Gasteiger partial charge in [0.2, 0.25) is 5.88 Å². The maximum atomic E-state index is 14.8. The van der Waals surface area contributed by atoms with Crippen LogP contribution in [0.2, 0.25) is 0 Å². The molecule has 9 nitrogen and oxygen atoms in total. The first kappa shape index (κ1) is 24.6. The van der Waals surface area contributed by atoms with Gasteiger partial charge in [0.15, 0.2) is 15.7 Å². The molecule has 1 fully saturated rings. The van der Waals surface area contributed by atoms with Gasteiger partial charge in [-0.3, -0.25) is 0 Å². The van der Waals surface area contributed by atoms with Crippen LogP contribution in [0.25, 0.3) is 21.3 Å². The van der Waals surface area contributed by atoms with Gasteiger partial charge in [-0.1, -0.05) is 25.1 Å². The van der Waals surface area contributed by atoms with Gasteiger partial charge in [0.1, 0.15) is 22.9 Å². The van der Waals surface area contributed by atoms with Crippen molar-refractivity contribution in [2.75, 3.05) is 24.2 Å². The average molecular weight is 532 g/mol. The number of sulfone groups is 1. The SMILES string of the molecule is CCC(C)c1noc(N2CCC(Oc3ncnc4c(-c5ccc(S(C)(=O)=O)cc5F)csc34)CC2)n1. The highest BCUT2D eigenvalue weighted by Gasteiger charge is 2.26. The molecule has 4 heterocycles. The second kappa shape index (κ2) is 9.74. The summed E-state index contributed by atoms with van der Waals surface area (Å²) in [5.41, 5.74) is 1.42. The molecule has 1 aromatic carbocycles. The Kier molecular flexibility index (Phi) is 6.64. The summed E-state index contributed by atoms with van der Waals surface area (Å²) >= 11 is 1.37. The Hall–Kier alpha value is -3.12. The Morgan fingerprint density at radius 3 is 2.72 bits per heavy atom. The van der Waals surface area contributed by atoms with Gasteiger partial charge in [-0.2, -0.15) is 4.98 Å². The molecule has 1 aliphatic rings. The van der Waals surface area contributed by atoms with Gasteiger partial charge >= 0.3 is 6.01 Å². The zero-order chi connectivity index (χ0) is 25.4. The molecular formula is C24H26FN5O4S2. The summed E-state index contributed by atoms with van der Waals surface area (Å²) in [6.45, 7) is 5.60. The number of piperidine rings is 1. The van der Waals surface area contributed by atoms with E-state index in [-0.39, 0.29) is 22.5 Å². The highest BCUT2D eigenvalue weighted by Crippen LogP contribution is 2.38. The quantitative estimate of drug-likeness (QED) is 0.330. The zero-order valence-electron chi connectivity index (χ0n) is 20.1. The number of thiophene rings is 1. The van der Waals surface area contributed by atoms with Crippen LogP contribution in [0.3, 0.4) is 0 Å². The van der Waals surface area contributed by atoms with Crippen molar-refractivity contribution in [2.24, 2.45) is 0 Å². The average Bonchev–Trinajstić information content (AvgIpc) is 3.52. The molecule has 5 rings (SSSR count). The molecule has 1 saturated heterocycles. The number of rotatable bonds is 7. The molecule has 1 aliphatic heterocycles. The Morgan fingerprint density at radius 2 is 2.03 bits per heavy atom. The number of fused-ring (bicyclic) bond motifs is 1. The predicted molar refractivity (Wildman–Crippen MR) is 135 cm³/mol. The van der Waals surface area contributed by atoms with E-state index in [4.69, 9.17) is 9.26 Å². The summed E-state index contributed by atoms with van der Waals surface area (Å²) < 4.78 is 50.8.